The molecule has 0 radical (unpaired) electrons. The predicted molar refractivity (Wildman–Crippen MR) is 67.3 cm³/mol. The molecule has 0 aromatic carbocycles. The van der Waals surface area contributed by atoms with E-state index in [0.717, 1.165) is 25.2 Å². The van der Waals surface area contributed by atoms with Gasteiger partial charge in [0.05, 0.1) is 0 Å². The summed E-state index contributed by atoms with van der Waals surface area (Å²) in [5.74, 6) is 0.582. The minimum atomic E-state index is 0.582. The van der Waals surface area contributed by atoms with Crippen LogP contribution in [0.5, 0.6) is 0 Å². The van der Waals surface area contributed by atoms with Gasteiger partial charge < -0.3 is 5.32 Å². The molecule has 0 fully saturated rings. The highest BCUT2D eigenvalue weighted by atomic mass is 14.9. The predicted octanol–water partition coefficient (Wildman–Crippen LogP) is 2.93. The Morgan fingerprint density at radius 1 is 1.67 bits per heavy atom. The highest BCUT2D eigenvalue weighted by Crippen LogP contribution is 2.13. The summed E-state index contributed by atoms with van der Waals surface area (Å²) in [7, 11) is 0. The molecule has 0 saturated carbocycles. The van der Waals surface area contributed by atoms with Crippen molar-refractivity contribution in [2.45, 2.75) is 33.1 Å². The maximum atomic E-state index is 4.64. The number of rotatable bonds is 5. The van der Waals surface area contributed by atoms with E-state index in [0.29, 0.717) is 5.92 Å². The van der Waals surface area contributed by atoms with Crippen LogP contribution in [0, 0.1) is 5.92 Å². The molecule has 1 N–H and O–H groups in total. The first-order chi connectivity index (χ1) is 7.24. The monoisotopic (exact) mass is 206 g/mol. The SMILES string of the molecule is C=CCCCC(C)C1=NC(C)=CCNC1. The molecule has 15 heavy (non-hydrogen) atoms. The number of unbranched alkanes of at least 4 members (excludes halogenated alkanes) is 1. The van der Waals surface area contributed by atoms with Crippen LogP contribution in [0.15, 0.2) is 29.4 Å². The molecule has 2 nitrogen and oxygen atoms in total. The number of nitrogens with one attached hydrogen (secondary N) is 1. The van der Waals surface area contributed by atoms with Gasteiger partial charge >= 0.3 is 0 Å². The lowest BCUT2D eigenvalue weighted by Gasteiger charge is -2.13. The zero-order chi connectivity index (χ0) is 11.1. The molecule has 0 amide bonds. The van der Waals surface area contributed by atoms with Gasteiger partial charge in [-0.1, -0.05) is 13.0 Å². The number of allylic oxidation sites excluding steroid dienone is 2. The third-order valence-corrected chi connectivity index (χ3v) is 2.78. The van der Waals surface area contributed by atoms with Gasteiger partial charge in [-0.25, -0.2) is 0 Å². The maximum absolute atomic E-state index is 4.64. The van der Waals surface area contributed by atoms with Crippen molar-refractivity contribution < 1.29 is 0 Å². The lowest BCUT2D eigenvalue weighted by atomic mass is 9.98. The molecule has 0 spiro atoms. The number of nitrogens with zero attached hydrogens (tertiary/aromatic N) is 1. The molecule has 0 aliphatic carbocycles. The van der Waals surface area contributed by atoms with Gasteiger partial charge in [0.15, 0.2) is 0 Å². The van der Waals surface area contributed by atoms with Crippen LogP contribution in [0.25, 0.3) is 0 Å². The van der Waals surface area contributed by atoms with E-state index in [-0.39, 0.29) is 0 Å². The molecule has 1 heterocycles. The van der Waals surface area contributed by atoms with Gasteiger partial charge in [-0.15, -0.1) is 6.58 Å². The molecule has 1 aliphatic rings. The summed E-state index contributed by atoms with van der Waals surface area (Å²) < 4.78 is 0. The minimum Gasteiger partial charge on any atom is -0.308 e. The van der Waals surface area contributed by atoms with Gasteiger partial charge in [-0.05, 0) is 38.2 Å². The van der Waals surface area contributed by atoms with E-state index in [2.05, 4.69) is 36.8 Å². The van der Waals surface area contributed by atoms with Crippen LogP contribution in [0.3, 0.4) is 0 Å². The van der Waals surface area contributed by atoms with Crippen molar-refractivity contribution in [1.82, 2.24) is 5.32 Å². The third kappa shape index (κ3) is 4.43. The second kappa shape index (κ2) is 6.57. The summed E-state index contributed by atoms with van der Waals surface area (Å²) in [6, 6.07) is 0. The summed E-state index contributed by atoms with van der Waals surface area (Å²) in [6.45, 7) is 9.96. The Balaban J connectivity index is 2.46. The normalized spacial score (nSPS) is 18.8. The zero-order valence-electron chi connectivity index (χ0n) is 9.92. The van der Waals surface area contributed by atoms with Crippen LogP contribution >= 0.6 is 0 Å². The van der Waals surface area contributed by atoms with E-state index in [1.54, 1.807) is 0 Å². The van der Waals surface area contributed by atoms with Crippen molar-refractivity contribution in [2.75, 3.05) is 13.1 Å². The lowest BCUT2D eigenvalue weighted by molar-refractivity contribution is 0.629. The van der Waals surface area contributed by atoms with E-state index < -0.39 is 0 Å². The van der Waals surface area contributed by atoms with Gasteiger partial charge in [-0.2, -0.15) is 0 Å². The fraction of sp³-hybridized carbons (Fsp3) is 0.615. The van der Waals surface area contributed by atoms with E-state index in [9.17, 15) is 0 Å². The molecule has 84 valence electrons. The average Bonchev–Trinajstić information content (AvgIpc) is 2.43. The van der Waals surface area contributed by atoms with Crippen molar-refractivity contribution >= 4 is 5.71 Å². The molecule has 1 unspecified atom stereocenters. The van der Waals surface area contributed by atoms with Gasteiger partial charge in [0.2, 0.25) is 0 Å². The second-order valence-corrected chi connectivity index (χ2v) is 4.20. The zero-order valence-corrected chi connectivity index (χ0v) is 9.92. The van der Waals surface area contributed by atoms with E-state index in [1.165, 1.54) is 18.6 Å². The van der Waals surface area contributed by atoms with Crippen molar-refractivity contribution in [3.8, 4) is 0 Å². The van der Waals surface area contributed by atoms with Crippen LogP contribution < -0.4 is 5.32 Å². The van der Waals surface area contributed by atoms with E-state index in [4.69, 9.17) is 0 Å². The standard InChI is InChI=1S/C13H22N2/c1-4-5-6-7-11(2)13-10-14-9-8-12(3)15-13/h4,8,11,14H,1,5-7,9-10H2,2-3H3. The topological polar surface area (TPSA) is 24.4 Å². The Morgan fingerprint density at radius 3 is 3.20 bits per heavy atom. The first-order valence-corrected chi connectivity index (χ1v) is 5.80. The Bertz CT molecular complexity index is 264. The number of aliphatic imine (C=N–C) groups is 1. The van der Waals surface area contributed by atoms with Crippen LogP contribution in [0.4, 0.5) is 0 Å². The fourth-order valence-electron chi connectivity index (χ4n) is 1.75. The summed E-state index contributed by atoms with van der Waals surface area (Å²) in [4.78, 5) is 4.64. The lowest BCUT2D eigenvalue weighted by Crippen LogP contribution is -2.26. The molecule has 2 heteroatoms. The van der Waals surface area contributed by atoms with Crippen molar-refractivity contribution in [2.24, 2.45) is 10.9 Å². The summed E-state index contributed by atoms with van der Waals surface area (Å²) in [5, 5.41) is 3.37. The number of hydrogen-bond donors (Lipinski definition) is 1. The van der Waals surface area contributed by atoms with Crippen LogP contribution in [0.2, 0.25) is 0 Å². The first kappa shape index (κ1) is 12.2. The molecular weight excluding hydrogens is 184 g/mol. The molecule has 1 rings (SSSR count). The van der Waals surface area contributed by atoms with Crippen molar-refractivity contribution in [1.29, 1.82) is 0 Å². The van der Waals surface area contributed by atoms with E-state index >= 15 is 0 Å². The van der Waals surface area contributed by atoms with E-state index in [1.807, 2.05) is 6.08 Å². The quantitative estimate of drug-likeness (QED) is 0.543. The molecule has 0 aromatic heterocycles. The van der Waals surface area contributed by atoms with Gasteiger partial charge in [0.25, 0.3) is 0 Å². The summed E-state index contributed by atoms with van der Waals surface area (Å²) in [6.07, 6.45) is 7.67. The van der Waals surface area contributed by atoms with Crippen LogP contribution in [-0.2, 0) is 0 Å². The van der Waals surface area contributed by atoms with Crippen molar-refractivity contribution in [3.63, 3.8) is 0 Å². The summed E-state index contributed by atoms with van der Waals surface area (Å²) >= 11 is 0. The van der Waals surface area contributed by atoms with Gasteiger partial charge in [0, 0.05) is 24.5 Å². The second-order valence-electron chi connectivity index (χ2n) is 4.20. The Hall–Kier alpha value is -0.890. The Morgan fingerprint density at radius 2 is 2.47 bits per heavy atom. The summed E-state index contributed by atoms with van der Waals surface area (Å²) in [5.41, 5.74) is 2.44. The number of hydrogen-bond acceptors (Lipinski definition) is 2. The van der Waals surface area contributed by atoms with Crippen molar-refractivity contribution in [3.05, 3.63) is 24.4 Å². The molecule has 1 atom stereocenters. The highest BCUT2D eigenvalue weighted by Gasteiger charge is 2.11. The van der Waals surface area contributed by atoms with Gasteiger partial charge in [-0.3, -0.25) is 4.99 Å². The third-order valence-electron chi connectivity index (χ3n) is 2.78. The van der Waals surface area contributed by atoms with Crippen LogP contribution in [-0.4, -0.2) is 18.8 Å². The Labute approximate surface area is 93.2 Å². The molecule has 0 aromatic rings. The highest BCUT2D eigenvalue weighted by molar-refractivity contribution is 5.89. The smallest absolute Gasteiger partial charge is 0.0348 e. The largest absolute Gasteiger partial charge is 0.308 e. The minimum absolute atomic E-state index is 0.582. The average molecular weight is 206 g/mol. The molecule has 1 aliphatic heterocycles. The van der Waals surface area contributed by atoms with Crippen LogP contribution in [0.1, 0.15) is 33.1 Å². The fourth-order valence-corrected chi connectivity index (χ4v) is 1.75. The molecule has 0 bridgehead atoms. The molecule has 0 saturated heterocycles. The maximum Gasteiger partial charge on any atom is 0.0348 e. The Kier molecular flexibility index (Phi) is 5.33. The first-order valence-electron chi connectivity index (χ1n) is 5.80. The molecular formula is C13H22N2. The van der Waals surface area contributed by atoms with Gasteiger partial charge in [0.1, 0.15) is 0 Å².